The third kappa shape index (κ3) is 3.28. The normalized spacial score (nSPS) is 10.0. The largest absolute Gasteiger partial charge is 0.465 e. The Morgan fingerprint density at radius 3 is 2.38 bits per heavy atom. The Kier molecular flexibility index (Phi) is 4.38. The van der Waals surface area contributed by atoms with Crippen molar-refractivity contribution in [3.8, 4) is 0 Å². The first-order chi connectivity index (χ1) is 10.0. The number of ether oxygens (including phenoxy) is 1. The van der Waals surface area contributed by atoms with Gasteiger partial charge in [0.1, 0.15) is 0 Å². The van der Waals surface area contributed by atoms with Crippen molar-refractivity contribution < 1.29 is 14.3 Å². The number of esters is 1. The molecule has 0 aromatic heterocycles. The van der Waals surface area contributed by atoms with E-state index in [1.807, 2.05) is 32.0 Å². The quantitative estimate of drug-likeness (QED) is 0.879. The van der Waals surface area contributed by atoms with E-state index in [1.54, 1.807) is 24.3 Å². The number of carbonyl (C=O) groups excluding carboxylic acids is 2. The molecule has 21 heavy (non-hydrogen) atoms. The van der Waals surface area contributed by atoms with Crippen LogP contribution in [-0.2, 0) is 4.74 Å². The van der Waals surface area contributed by atoms with E-state index >= 15 is 0 Å². The summed E-state index contributed by atoms with van der Waals surface area (Å²) in [4.78, 5) is 23.9. The first kappa shape index (κ1) is 14.8. The Morgan fingerprint density at radius 1 is 1.00 bits per heavy atom. The van der Waals surface area contributed by atoms with Crippen LogP contribution in [0.5, 0.6) is 0 Å². The monoisotopic (exact) mass is 283 g/mol. The van der Waals surface area contributed by atoms with Gasteiger partial charge in [-0.05, 0) is 43.2 Å². The molecule has 0 atom stereocenters. The zero-order valence-electron chi connectivity index (χ0n) is 12.3. The van der Waals surface area contributed by atoms with Crippen molar-refractivity contribution in [2.24, 2.45) is 0 Å². The Hall–Kier alpha value is -2.62. The summed E-state index contributed by atoms with van der Waals surface area (Å²) in [6, 6.07) is 12.4. The number of aryl methyl sites for hydroxylation is 2. The van der Waals surface area contributed by atoms with Crippen LogP contribution < -0.4 is 5.32 Å². The van der Waals surface area contributed by atoms with Crippen LogP contribution in [0.25, 0.3) is 0 Å². The first-order valence-electron chi connectivity index (χ1n) is 6.59. The number of benzene rings is 2. The van der Waals surface area contributed by atoms with Crippen molar-refractivity contribution in [3.63, 3.8) is 0 Å². The summed E-state index contributed by atoms with van der Waals surface area (Å²) in [5, 5.41) is 2.84. The maximum Gasteiger partial charge on any atom is 0.337 e. The topological polar surface area (TPSA) is 55.4 Å². The summed E-state index contributed by atoms with van der Waals surface area (Å²) in [5.41, 5.74) is 3.40. The van der Waals surface area contributed by atoms with E-state index in [-0.39, 0.29) is 5.91 Å². The molecule has 2 rings (SSSR count). The van der Waals surface area contributed by atoms with E-state index in [0.717, 1.165) is 11.1 Å². The highest BCUT2D eigenvalue weighted by atomic mass is 16.5. The maximum absolute atomic E-state index is 12.3. The molecule has 0 saturated heterocycles. The molecule has 2 aromatic rings. The highest BCUT2D eigenvalue weighted by Gasteiger charge is 2.12. The fourth-order valence-electron chi connectivity index (χ4n) is 2.02. The lowest BCUT2D eigenvalue weighted by atomic mass is 10.1. The van der Waals surface area contributed by atoms with Crippen LogP contribution in [0.4, 0.5) is 5.69 Å². The van der Waals surface area contributed by atoms with E-state index in [1.165, 1.54) is 7.11 Å². The van der Waals surface area contributed by atoms with Gasteiger partial charge in [0.25, 0.3) is 5.91 Å². The number of methoxy groups -OCH3 is 1. The molecule has 0 unspecified atom stereocenters. The van der Waals surface area contributed by atoms with Gasteiger partial charge in [0, 0.05) is 11.3 Å². The number of anilines is 1. The van der Waals surface area contributed by atoms with Crippen molar-refractivity contribution in [1.82, 2.24) is 0 Å². The van der Waals surface area contributed by atoms with Gasteiger partial charge in [0.15, 0.2) is 0 Å². The molecule has 4 heteroatoms. The van der Waals surface area contributed by atoms with Gasteiger partial charge >= 0.3 is 5.97 Å². The van der Waals surface area contributed by atoms with Crippen LogP contribution in [-0.4, -0.2) is 19.0 Å². The third-order valence-electron chi connectivity index (χ3n) is 3.30. The molecule has 0 fully saturated rings. The first-order valence-corrected chi connectivity index (χ1v) is 6.59. The zero-order valence-corrected chi connectivity index (χ0v) is 12.3. The molecule has 108 valence electrons. The lowest BCUT2D eigenvalue weighted by Gasteiger charge is -2.11. The zero-order chi connectivity index (χ0) is 15.4. The van der Waals surface area contributed by atoms with Crippen molar-refractivity contribution in [2.45, 2.75) is 13.8 Å². The SMILES string of the molecule is COC(=O)c1ccc(C)c(NC(=O)c2ccccc2C)c1. The predicted molar refractivity (Wildman–Crippen MR) is 81.7 cm³/mol. The molecule has 0 aliphatic rings. The average molecular weight is 283 g/mol. The summed E-state index contributed by atoms with van der Waals surface area (Å²) in [6.07, 6.45) is 0. The minimum absolute atomic E-state index is 0.196. The van der Waals surface area contributed by atoms with Gasteiger partial charge in [-0.1, -0.05) is 24.3 Å². The Balaban J connectivity index is 2.29. The van der Waals surface area contributed by atoms with E-state index in [0.29, 0.717) is 16.8 Å². The van der Waals surface area contributed by atoms with Crippen molar-refractivity contribution >= 4 is 17.6 Å². The summed E-state index contributed by atoms with van der Waals surface area (Å²) in [6.45, 7) is 3.75. The number of carbonyl (C=O) groups is 2. The molecular weight excluding hydrogens is 266 g/mol. The molecule has 4 nitrogen and oxygen atoms in total. The van der Waals surface area contributed by atoms with Crippen LogP contribution in [0.1, 0.15) is 31.8 Å². The molecule has 0 bridgehead atoms. The molecule has 1 amide bonds. The Labute approximate surface area is 123 Å². The second kappa shape index (κ2) is 6.22. The van der Waals surface area contributed by atoms with Gasteiger partial charge in [-0.3, -0.25) is 4.79 Å². The minimum atomic E-state index is -0.429. The Morgan fingerprint density at radius 2 is 1.71 bits per heavy atom. The van der Waals surface area contributed by atoms with Gasteiger partial charge in [-0.15, -0.1) is 0 Å². The third-order valence-corrected chi connectivity index (χ3v) is 3.30. The second-order valence-electron chi connectivity index (χ2n) is 4.79. The highest BCUT2D eigenvalue weighted by Crippen LogP contribution is 2.19. The molecule has 0 saturated carbocycles. The van der Waals surface area contributed by atoms with E-state index in [9.17, 15) is 9.59 Å². The number of hydrogen-bond donors (Lipinski definition) is 1. The Bertz CT molecular complexity index is 692. The summed E-state index contributed by atoms with van der Waals surface area (Å²) < 4.78 is 4.69. The molecule has 0 aliphatic carbocycles. The van der Waals surface area contributed by atoms with Crippen molar-refractivity contribution in [3.05, 3.63) is 64.7 Å². The van der Waals surface area contributed by atoms with Gasteiger partial charge in [-0.25, -0.2) is 4.79 Å². The van der Waals surface area contributed by atoms with Crippen LogP contribution in [0, 0.1) is 13.8 Å². The van der Waals surface area contributed by atoms with E-state index < -0.39 is 5.97 Å². The van der Waals surface area contributed by atoms with Crippen LogP contribution >= 0.6 is 0 Å². The molecule has 0 radical (unpaired) electrons. The smallest absolute Gasteiger partial charge is 0.337 e. The number of nitrogens with one attached hydrogen (secondary N) is 1. The van der Waals surface area contributed by atoms with Crippen LogP contribution in [0.2, 0.25) is 0 Å². The standard InChI is InChI=1S/C17H17NO3/c1-11-6-4-5-7-14(11)16(19)18-15-10-13(17(20)21-3)9-8-12(15)2/h4-10H,1-3H3,(H,18,19). The van der Waals surface area contributed by atoms with E-state index in [2.05, 4.69) is 10.1 Å². The summed E-state index contributed by atoms with van der Waals surface area (Å²) in [5.74, 6) is -0.625. The minimum Gasteiger partial charge on any atom is -0.465 e. The average Bonchev–Trinajstić information content (AvgIpc) is 2.49. The van der Waals surface area contributed by atoms with Gasteiger partial charge < -0.3 is 10.1 Å². The fourth-order valence-corrected chi connectivity index (χ4v) is 2.02. The highest BCUT2D eigenvalue weighted by molar-refractivity contribution is 6.06. The number of hydrogen-bond acceptors (Lipinski definition) is 3. The second-order valence-corrected chi connectivity index (χ2v) is 4.79. The van der Waals surface area contributed by atoms with Crippen LogP contribution in [0.3, 0.4) is 0 Å². The molecule has 0 aliphatic heterocycles. The van der Waals surface area contributed by atoms with E-state index in [4.69, 9.17) is 0 Å². The van der Waals surface area contributed by atoms with Gasteiger partial charge in [0.2, 0.25) is 0 Å². The van der Waals surface area contributed by atoms with Gasteiger partial charge in [0.05, 0.1) is 12.7 Å². The lowest BCUT2D eigenvalue weighted by Crippen LogP contribution is -2.14. The van der Waals surface area contributed by atoms with Crippen molar-refractivity contribution in [2.75, 3.05) is 12.4 Å². The number of rotatable bonds is 3. The summed E-state index contributed by atoms with van der Waals surface area (Å²) >= 11 is 0. The number of amides is 1. The van der Waals surface area contributed by atoms with Crippen LogP contribution in [0.15, 0.2) is 42.5 Å². The fraction of sp³-hybridized carbons (Fsp3) is 0.176. The lowest BCUT2D eigenvalue weighted by molar-refractivity contribution is 0.0600. The molecule has 1 N–H and O–H groups in total. The molecule has 0 spiro atoms. The summed E-state index contributed by atoms with van der Waals surface area (Å²) in [7, 11) is 1.33. The van der Waals surface area contributed by atoms with Gasteiger partial charge in [-0.2, -0.15) is 0 Å². The maximum atomic E-state index is 12.3. The predicted octanol–water partition coefficient (Wildman–Crippen LogP) is 3.34. The molecule has 0 heterocycles. The molecular formula is C17H17NO3. The van der Waals surface area contributed by atoms with Crippen molar-refractivity contribution in [1.29, 1.82) is 0 Å². The molecule has 2 aromatic carbocycles.